The van der Waals surface area contributed by atoms with E-state index in [4.69, 9.17) is 9.84 Å². The van der Waals surface area contributed by atoms with Gasteiger partial charge in [-0.2, -0.15) is 0 Å². The van der Waals surface area contributed by atoms with Gasteiger partial charge in [-0.1, -0.05) is 0 Å². The van der Waals surface area contributed by atoms with Gasteiger partial charge in [0.15, 0.2) is 0 Å². The fourth-order valence-corrected chi connectivity index (χ4v) is 1.41. The maximum Gasteiger partial charge on any atom is 0.245 e. The highest BCUT2D eigenvalue weighted by Gasteiger charge is 2.09. The van der Waals surface area contributed by atoms with Crippen molar-refractivity contribution in [3.63, 3.8) is 0 Å². The maximum absolute atomic E-state index is 10.7. The molecular formula is C9H19ClN2O3. The van der Waals surface area contributed by atoms with Crippen LogP contribution in [-0.4, -0.2) is 61.9 Å². The number of rotatable bonds is 5. The summed E-state index contributed by atoms with van der Waals surface area (Å²) in [5, 5.41) is 11.1. The molecule has 0 aromatic rings. The summed E-state index contributed by atoms with van der Waals surface area (Å²) in [6, 6.07) is 0. The predicted octanol–water partition coefficient (Wildman–Crippen LogP) is -0.761. The average molecular weight is 239 g/mol. The minimum atomic E-state index is -0.419. The second-order valence-electron chi connectivity index (χ2n) is 3.32. The maximum atomic E-state index is 10.7. The number of nitrogens with one attached hydrogen (secondary N) is 1. The lowest BCUT2D eigenvalue weighted by Crippen LogP contribution is -2.38. The number of nitrogens with zero attached hydrogens (tertiary/aromatic N) is 1. The highest BCUT2D eigenvalue weighted by molar-refractivity contribution is 5.85. The molecule has 0 unspecified atom stereocenters. The van der Waals surface area contributed by atoms with Crippen molar-refractivity contribution in [2.45, 2.75) is 6.42 Å². The fraction of sp³-hybridized carbons (Fsp3) is 0.889. The standard InChI is InChI=1S/C9H18N2O3.ClH/c12-8-9(13)10-2-1-3-11-4-6-14-7-5-11;/h12H,1-8H2,(H,10,13);1H. The van der Waals surface area contributed by atoms with Gasteiger partial charge in [-0.05, 0) is 13.0 Å². The van der Waals surface area contributed by atoms with Gasteiger partial charge in [-0.25, -0.2) is 0 Å². The number of hydrogen-bond acceptors (Lipinski definition) is 4. The van der Waals surface area contributed by atoms with E-state index in [1.165, 1.54) is 0 Å². The van der Waals surface area contributed by atoms with E-state index in [2.05, 4.69) is 10.2 Å². The van der Waals surface area contributed by atoms with Crippen LogP contribution in [0.5, 0.6) is 0 Å². The number of carbonyl (C=O) groups excluding carboxylic acids is 1. The highest BCUT2D eigenvalue weighted by Crippen LogP contribution is 1.96. The lowest BCUT2D eigenvalue weighted by atomic mass is 10.3. The number of halogens is 1. The molecule has 1 heterocycles. The van der Waals surface area contributed by atoms with Crippen LogP contribution < -0.4 is 5.32 Å². The normalized spacial score (nSPS) is 16.9. The van der Waals surface area contributed by atoms with E-state index in [1.807, 2.05) is 0 Å². The third kappa shape index (κ3) is 6.67. The molecule has 0 aliphatic carbocycles. The van der Waals surface area contributed by atoms with E-state index in [-0.39, 0.29) is 18.3 Å². The molecule has 1 saturated heterocycles. The number of aliphatic hydroxyl groups excluding tert-OH is 1. The Morgan fingerprint density at radius 2 is 2.07 bits per heavy atom. The van der Waals surface area contributed by atoms with Crippen LogP contribution in [0, 0.1) is 0 Å². The van der Waals surface area contributed by atoms with E-state index >= 15 is 0 Å². The number of hydrogen-bond donors (Lipinski definition) is 2. The third-order valence-electron chi connectivity index (χ3n) is 2.22. The lowest BCUT2D eigenvalue weighted by Gasteiger charge is -2.26. The molecule has 2 N–H and O–H groups in total. The van der Waals surface area contributed by atoms with Crippen molar-refractivity contribution >= 4 is 18.3 Å². The van der Waals surface area contributed by atoms with Crippen molar-refractivity contribution in [2.75, 3.05) is 46.0 Å². The van der Waals surface area contributed by atoms with Crippen molar-refractivity contribution in [3.8, 4) is 0 Å². The largest absolute Gasteiger partial charge is 0.387 e. The summed E-state index contributed by atoms with van der Waals surface area (Å²) in [6.07, 6.45) is 0.922. The first-order valence-corrected chi connectivity index (χ1v) is 5.00. The molecule has 1 aliphatic heterocycles. The Balaban J connectivity index is 0.00000196. The van der Waals surface area contributed by atoms with Gasteiger partial charge in [0.05, 0.1) is 13.2 Å². The zero-order valence-corrected chi connectivity index (χ0v) is 9.59. The van der Waals surface area contributed by atoms with Gasteiger partial charge >= 0.3 is 0 Å². The van der Waals surface area contributed by atoms with E-state index < -0.39 is 6.61 Å². The molecule has 1 fully saturated rings. The van der Waals surface area contributed by atoms with Gasteiger partial charge in [0.2, 0.25) is 5.91 Å². The van der Waals surface area contributed by atoms with Crippen LogP contribution >= 0.6 is 12.4 Å². The molecule has 15 heavy (non-hydrogen) atoms. The molecule has 90 valence electrons. The van der Waals surface area contributed by atoms with Crippen LogP contribution in [-0.2, 0) is 9.53 Å². The highest BCUT2D eigenvalue weighted by atomic mass is 35.5. The first-order valence-electron chi connectivity index (χ1n) is 5.00. The zero-order valence-electron chi connectivity index (χ0n) is 8.78. The molecule has 0 aromatic carbocycles. The molecule has 1 aliphatic rings. The van der Waals surface area contributed by atoms with Crippen LogP contribution in [0.15, 0.2) is 0 Å². The quantitative estimate of drug-likeness (QED) is 0.618. The van der Waals surface area contributed by atoms with Gasteiger partial charge in [0.1, 0.15) is 6.61 Å². The summed E-state index contributed by atoms with van der Waals surface area (Å²) in [4.78, 5) is 13.0. The second-order valence-corrected chi connectivity index (χ2v) is 3.32. The first kappa shape index (κ1) is 14.6. The molecule has 0 bridgehead atoms. The second kappa shape index (κ2) is 8.91. The first-order chi connectivity index (χ1) is 6.83. The Labute approximate surface area is 96.2 Å². The fourth-order valence-electron chi connectivity index (χ4n) is 1.41. The van der Waals surface area contributed by atoms with Crippen LogP contribution in [0.3, 0.4) is 0 Å². The number of amides is 1. The Morgan fingerprint density at radius 3 is 2.67 bits per heavy atom. The molecule has 6 heteroatoms. The van der Waals surface area contributed by atoms with Crippen molar-refractivity contribution in [3.05, 3.63) is 0 Å². The Morgan fingerprint density at radius 1 is 1.40 bits per heavy atom. The van der Waals surface area contributed by atoms with Crippen molar-refractivity contribution in [1.29, 1.82) is 0 Å². The molecule has 1 rings (SSSR count). The van der Waals surface area contributed by atoms with E-state index in [0.717, 1.165) is 39.3 Å². The Kier molecular flexibility index (Phi) is 8.70. The number of carbonyl (C=O) groups is 1. The molecule has 0 aromatic heterocycles. The molecule has 0 atom stereocenters. The van der Waals surface area contributed by atoms with Crippen molar-refractivity contribution < 1.29 is 14.6 Å². The van der Waals surface area contributed by atoms with Gasteiger partial charge < -0.3 is 15.2 Å². The number of morpholine rings is 1. The zero-order chi connectivity index (χ0) is 10.2. The summed E-state index contributed by atoms with van der Waals surface area (Å²) in [6.45, 7) is 4.78. The third-order valence-corrected chi connectivity index (χ3v) is 2.22. The Hall–Kier alpha value is -0.360. The van der Waals surface area contributed by atoms with Crippen molar-refractivity contribution in [2.24, 2.45) is 0 Å². The summed E-state index contributed by atoms with van der Waals surface area (Å²) >= 11 is 0. The summed E-state index contributed by atoms with van der Waals surface area (Å²) in [5.41, 5.74) is 0. The molecule has 1 amide bonds. The Bertz CT molecular complexity index is 175. The van der Waals surface area contributed by atoms with Gasteiger partial charge in [-0.15, -0.1) is 12.4 Å². The smallest absolute Gasteiger partial charge is 0.245 e. The van der Waals surface area contributed by atoms with E-state index in [1.54, 1.807) is 0 Å². The van der Waals surface area contributed by atoms with Gasteiger partial charge in [0.25, 0.3) is 0 Å². The summed E-state index contributed by atoms with van der Waals surface area (Å²) < 4.78 is 5.22. The minimum absolute atomic E-state index is 0. The molecule has 5 nitrogen and oxygen atoms in total. The summed E-state index contributed by atoms with van der Waals surface area (Å²) in [5.74, 6) is -0.299. The van der Waals surface area contributed by atoms with E-state index in [0.29, 0.717) is 6.54 Å². The van der Waals surface area contributed by atoms with Gasteiger partial charge in [0, 0.05) is 19.6 Å². The molecule has 0 spiro atoms. The van der Waals surface area contributed by atoms with Crippen LogP contribution in [0.2, 0.25) is 0 Å². The molecule has 0 saturated carbocycles. The van der Waals surface area contributed by atoms with Crippen molar-refractivity contribution in [1.82, 2.24) is 10.2 Å². The number of ether oxygens (including phenoxy) is 1. The summed E-state index contributed by atoms with van der Waals surface area (Å²) in [7, 11) is 0. The lowest BCUT2D eigenvalue weighted by molar-refractivity contribution is -0.123. The average Bonchev–Trinajstić information content (AvgIpc) is 2.25. The van der Waals surface area contributed by atoms with Crippen LogP contribution in [0.1, 0.15) is 6.42 Å². The topological polar surface area (TPSA) is 61.8 Å². The molecular weight excluding hydrogens is 220 g/mol. The number of aliphatic hydroxyl groups is 1. The minimum Gasteiger partial charge on any atom is -0.387 e. The molecule has 0 radical (unpaired) electrons. The monoisotopic (exact) mass is 238 g/mol. The van der Waals surface area contributed by atoms with Crippen LogP contribution in [0.25, 0.3) is 0 Å². The predicted molar refractivity (Wildman–Crippen MR) is 59.2 cm³/mol. The van der Waals surface area contributed by atoms with Crippen LogP contribution in [0.4, 0.5) is 0 Å². The SMILES string of the molecule is Cl.O=C(CO)NCCCN1CCOCC1. The van der Waals surface area contributed by atoms with Gasteiger partial charge in [-0.3, -0.25) is 9.69 Å². The van der Waals surface area contributed by atoms with E-state index in [9.17, 15) is 4.79 Å².